The largest absolute Gasteiger partial charge is 0.332 e. The number of rotatable bonds is 2. The Kier molecular flexibility index (Phi) is 4.49. The molecular formula is C18H19N3S. The molecule has 1 saturated heterocycles. The van der Waals surface area contributed by atoms with Crippen LogP contribution in [-0.4, -0.2) is 22.4 Å². The van der Waals surface area contributed by atoms with Gasteiger partial charge in [0.05, 0.1) is 5.69 Å². The average molecular weight is 309 g/mol. The molecular weight excluding hydrogens is 290 g/mol. The summed E-state index contributed by atoms with van der Waals surface area (Å²) in [6.45, 7) is 3.00. The first-order chi connectivity index (χ1) is 10.7. The Morgan fingerprint density at radius 1 is 1.09 bits per heavy atom. The molecule has 0 spiro atoms. The monoisotopic (exact) mass is 309 g/mol. The summed E-state index contributed by atoms with van der Waals surface area (Å²) in [5, 5.41) is 4.00. The fourth-order valence-corrected chi connectivity index (χ4v) is 2.79. The molecule has 0 saturated carbocycles. The van der Waals surface area contributed by atoms with Crippen LogP contribution >= 0.6 is 12.2 Å². The predicted molar refractivity (Wildman–Crippen MR) is 96.9 cm³/mol. The topological polar surface area (TPSA) is 27.6 Å². The second-order valence-electron chi connectivity index (χ2n) is 5.41. The van der Waals surface area contributed by atoms with Crippen LogP contribution in [0.4, 0.5) is 11.4 Å². The lowest BCUT2D eigenvalue weighted by Crippen LogP contribution is -2.35. The van der Waals surface area contributed by atoms with Gasteiger partial charge >= 0.3 is 0 Å². The van der Waals surface area contributed by atoms with E-state index in [1.54, 1.807) is 0 Å². The molecule has 0 aromatic heterocycles. The minimum absolute atomic E-state index is 0.717. The first-order valence-corrected chi connectivity index (χ1v) is 7.91. The van der Waals surface area contributed by atoms with Crippen molar-refractivity contribution in [2.75, 3.05) is 11.9 Å². The average Bonchev–Trinajstić information content (AvgIpc) is 2.99. The van der Waals surface area contributed by atoms with E-state index in [-0.39, 0.29) is 0 Å². The molecule has 1 aliphatic rings. The Labute approximate surface area is 136 Å². The van der Waals surface area contributed by atoms with Crippen molar-refractivity contribution >= 4 is 34.5 Å². The highest BCUT2D eigenvalue weighted by molar-refractivity contribution is 7.80. The lowest BCUT2D eigenvalue weighted by Gasteiger charge is -2.21. The second-order valence-corrected chi connectivity index (χ2v) is 5.80. The number of thiocarbonyl (C=S) groups is 1. The Morgan fingerprint density at radius 2 is 1.82 bits per heavy atom. The molecule has 22 heavy (non-hydrogen) atoms. The molecule has 0 unspecified atom stereocenters. The third-order valence-corrected chi connectivity index (χ3v) is 3.98. The number of anilines is 1. The number of nitrogens with zero attached hydrogens (tertiary/aromatic N) is 2. The number of para-hydroxylation sites is 1. The van der Waals surface area contributed by atoms with Gasteiger partial charge in [-0.25, -0.2) is 4.99 Å². The van der Waals surface area contributed by atoms with Gasteiger partial charge in [0.25, 0.3) is 0 Å². The molecule has 2 aromatic carbocycles. The van der Waals surface area contributed by atoms with E-state index in [1.165, 1.54) is 5.56 Å². The van der Waals surface area contributed by atoms with Gasteiger partial charge in [-0.1, -0.05) is 35.9 Å². The van der Waals surface area contributed by atoms with Gasteiger partial charge in [0.15, 0.2) is 5.11 Å². The summed E-state index contributed by atoms with van der Waals surface area (Å²) >= 11 is 5.54. The second kappa shape index (κ2) is 6.71. The fraction of sp³-hybridized carbons (Fsp3) is 0.222. The van der Waals surface area contributed by atoms with Gasteiger partial charge in [0, 0.05) is 18.7 Å². The number of likely N-dealkylation sites (tertiary alicyclic amines) is 1. The molecule has 4 heteroatoms. The summed E-state index contributed by atoms with van der Waals surface area (Å²) in [5.74, 6) is 1.04. The minimum Gasteiger partial charge on any atom is -0.332 e. The summed E-state index contributed by atoms with van der Waals surface area (Å²) < 4.78 is 0. The van der Waals surface area contributed by atoms with Gasteiger partial charge in [-0.2, -0.15) is 0 Å². The summed E-state index contributed by atoms with van der Waals surface area (Å²) in [7, 11) is 0. The van der Waals surface area contributed by atoms with Crippen LogP contribution in [0.25, 0.3) is 0 Å². The van der Waals surface area contributed by atoms with Crippen molar-refractivity contribution in [3.63, 3.8) is 0 Å². The first-order valence-electron chi connectivity index (χ1n) is 7.50. The highest BCUT2D eigenvalue weighted by atomic mass is 32.1. The number of aryl methyl sites for hydroxylation is 1. The Morgan fingerprint density at radius 3 is 2.55 bits per heavy atom. The molecule has 1 N–H and O–H groups in total. The van der Waals surface area contributed by atoms with Crippen molar-refractivity contribution in [1.29, 1.82) is 0 Å². The van der Waals surface area contributed by atoms with Gasteiger partial charge in [-0.3, -0.25) is 0 Å². The summed E-state index contributed by atoms with van der Waals surface area (Å²) in [6, 6.07) is 18.3. The normalized spacial score (nSPS) is 16.0. The molecule has 0 aliphatic carbocycles. The van der Waals surface area contributed by atoms with Gasteiger partial charge in [0.1, 0.15) is 5.84 Å². The number of hydrogen-bond donors (Lipinski definition) is 1. The molecule has 0 atom stereocenters. The zero-order valence-electron chi connectivity index (χ0n) is 12.6. The van der Waals surface area contributed by atoms with Crippen LogP contribution in [0.15, 0.2) is 59.6 Å². The molecule has 3 rings (SSSR count). The van der Waals surface area contributed by atoms with Crippen molar-refractivity contribution in [3.8, 4) is 0 Å². The Balaban J connectivity index is 1.75. The molecule has 0 radical (unpaired) electrons. The predicted octanol–water partition coefficient (Wildman–Crippen LogP) is 4.52. The van der Waals surface area contributed by atoms with E-state index in [2.05, 4.69) is 29.3 Å². The van der Waals surface area contributed by atoms with E-state index in [0.717, 1.165) is 41.7 Å². The molecule has 1 aliphatic heterocycles. The van der Waals surface area contributed by atoms with Crippen molar-refractivity contribution in [2.24, 2.45) is 4.99 Å². The van der Waals surface area contributed by atoms with Gasteiger partial charge in [-0.15, -0.1) is 0 Å². The van der Waals surface area contributed by atoms with Crippen LogP contribution in [0.3, 0.4) is 0 Å². The zero-order chi connectivity index (χ0) is 15.4. The maximum atomic E-state index is 5.54. The van der Waals surface area contributed by atoms with Crippen LogP contribution < -0.4 is 5.32 Å². The lowest BCUT2D eigenvalue weighted by atomic mass is 10.2. The molecule has 2 aromatic rings. The summed E-state index contributed by atoms with van der Waals surface area (Å²) in [6.07, 6.45) is 2.05. The van der Waals surface area contributed by atoms with Crippen molar-refractivity contribution in [3.05, 3.63) is 60.2 Å². The maximum Gasteiger partial charge on any atom is 0.178 e. The third kappa shape index (κ3) is 3.52. The smallest absolute Gasteiger partial charge is 0.178 e. The van der Waals surface area contributed by atoms with E-state index in [1.807, 2.05) is 42.5 Å². The van der Waals surface area contributed by atoms with E-state index in [9.17, 15) is 0 Å². The zero-order valence-corrected chi connectivity index (χ0v) is 13.4. The number of hydrogen-bond acceptors (Lipinski definition) is 2. The Hall–Kier alpha value is -2.20. The van der Waals surface area contributed by atoms with Crippen LogP contribution in [0.1, 0.15) is 18.4 Å². The fourth-order valence-electron chi connectivity index (χ4n) is 2.48. The van der Waals surface area contributed by atoms with Gasteiger partial charge in [-0.05, 0) is 49.8 Å². The van der Waals surface area contributed by atoms with Gasteiger partial charge < -0.3 is 10.2 Å². The number of benzene rings is 2. The quantitative estimate of drug-likeness (QED) is 0.827. The van der Waals surface area contributed by atoms with Crippen LogP contribution in [0, 0.1) is 6.92 Å². The van der Waals surface area contributed by atoms with Gasteiger partial charge in [0.2, 0.25) is 0 Å². The first kappa shape index (κ1) is 14.7. The van der Waals surface area contributed by atoms with E-state index < -0.39 is 0 Å². The summed E-state index contributed by atoms with van der Waals surface area (Å²) in [5.41, 5.74) is 3.23. The minimum atomic E-state index is 0.717. The molecule has 1 fully saturated rings. The summed E-state index contributed by atoms with van der Waals surface area (Å²) in [4.78, 5) is 6.86. The maximum absolute atomic E-state index is 5.54. The molecule has 0 bridgehead atoms. The van der Waals surface area contributed by atoms with Crippen LogP contribution in [0.5, 0.6) is 0 Å². The number of amidine groups is 1. The standard InChI is InChI=1S/C18H19N3S/c1-14-9-11-16(12-10-14)19-17-8-5-13-21(17)18(22)20-15-6-3-2-4-7-15/h2-4,6-7,9-12H,5,8,13H2,1H3,(H,20,22). The SMILES string of the molecule is Cc1ccc(N=C2CCCN2C(=S)Nc2ccccc2)cc1. The van der Waals surface area contributed by atoms with E-state index in [0.29, 0.717) is 0 Å². The molecule has 1 heterocycles. The van der Waals surface area contributed by atoms with Crippen molar-refractivity contribution < 1.29 is 0 Å². The van der Waals surface area contributed by atoms with Crippen LogP contribution in [-0.2, 0) is 0 Å². The van der Waals surface area contributed by atoms with E-state index in [4.69, 9.17) is 17.2 Å². The number of nitrogens with one attached hydrogen (secondary N) is 1. The highest BCUT2D eigenvalue weighted by Crippen LogP contribution is 2.20. The lowest BCUT2D eigenvalue weighted by molar-refractivity contribution is 0.665. The molecule has 0 amide bonds. The highest BCUT2D eigenvalue weighted by Gasteiger charge is 2.22. The van der Waals surface area contributed by atoms with Crippen molar-refractivity contribution in [1.82, 2.24) is 4.90 Å². The Bertz CT molecular complexity index is 677. The third-order valence-electron chi connectivity index (χ3n) is 3.66. The van der Waals surface area contributed by atoms with Crippen LogP contribution in [0.2, 0.25) is 0 Å². The molecule has 3 nitrogen and oxygen atoms in total. The van der Waals surface area contributed by atoms with Crippen molar-refractivity contribution in [2.45, 2.75) is 19.8 Å². The number of aliphatic imine (C=N–C) groups is 1. The van der Waals surface area contributed by atoms with E-state index >= 15 is 0 Å². The molecule has 112 valence electrons.